The van der Waals surface area contributed by atoms with Crippen molar-refractivity contribution in [2.24, 2.45) is 11.3 Å². The third-order valence-corrected chi connectivity index (χ3v) is 8.38. The Balaban J connectivity index is 1.44. The van der Waals surface area contributed by atoms with Gasteiger partial charge in [-0.15, -0.1) is 0 Å². The Labute approximate surface area is 245 Å². The molecule has 6 nitrogen and oxygen atoms in total. The Hall–Kier alpha value is -2.57. The maximum atomic E-state index is 13.8. The van der Waals surface area contributed by atoms with Crippen LogP contribution in [0.25, 0.3) is 0 Å². The Bertz CT molecular complexity index is 1130. The second-order valence-corrected chi connectivity index (χ2v) is 13.9. The summed E-state index contributed by atoms with van der Waals surface area (Å²) < 4.78 is 5.54. The zero-order valence-corrected chi connectivity index (χ0v) is 25.8. The summed E-state index contributed by atoms with van der Waals surface area (Å²) in [7, 11) is 0. The molecule has 2 atom stereocenters. The molecule has 0 bridgehead atoms. The van der Waals surface area contributed by atoms with E-state index in [1.807, 2.05) is 32.9 Å². The van der Waals surface area contributed by atoms with Crippen LogP contribution in [0.15, 0.2) is 54.6 Å². The van der Waals surface area contributed by atoms with Gasteiger partial charge < -0.3 is 14.5 Å². The number of piperidine rings is 1. The Morgan fingerprint density at radius 2 is 1.48 bits per heavy atom. The quantitative estimate of drug-likeness (QED) is 0.389. The first-order valence-electron chi connectivity index (χ1n) is 14.6. The predicted molar refractivity (Wildman–Crippen MR) is 161 cm³/mol. The number of nitrogens with zero attached hydrogens (tertiary/aromatic N) is 3. The van der Waals surface area contributed by atoms with Gasteiger partial charge in [0.1, 0.15) is 5.60 Å². The fourth-order valence-corrected chi connectivity index (χ4v) is 6.11. The van der Waals surface area contributed by atoms with Crippen molar-refractivity contribution in [1.82, 2.24) is 14.7 Å². The fraction of sp³-hybridized carbons (Fsp3) is 0.576. The van der Waals surface area contributed by atoms with Crippen molar-refractivity contribution in [1.29, 1.82) is 0 Å². The lowest BCUT2D eigenvalue weighted by Crippen LogP contribution is -2.60. The zero-order chi connectivity index (χ0) is 29.1. The van der Waals surface area contributed by atoms with E-state index < -0.39 is 5.60 Å². The number of piperazine rings is 1. The molecule has 0 aliphatic carbocycles. The average molecular weight is 568 g/mol. The van der Waals surface area contributed by atoms with Crippen molar-refractivity contribution in [3.63, 3.8) is 0 Å². The van der Waals surface area contributed by atoms with Crippen LogP contribution in [-0.4, -0.2) is 71.1 Å². The minimum atomic E-state index is -0.499. The van der Waals surface area contributed by atoms with E-state index in [0.717, 1.165) is 31.0 Å². The predicted octanol–water partition coefficient (Wildman–Crippen LogP) is 7.03. The van der Waals surface area contributed by atoms with Crippen LogP contribution in [0.2, 0.25) is 5.02 Å². The third-order valence-electron chi connectivity index (χ3n) is 8.13. The average Bonchev–Trinajstić information content (AvgIpc) is 2.89. The van der Waals surface area contributed by atoms with E-state index in [1.54, 1.807) is 4.90 Å². The van der Waals surface area contributed by atoms with Crippen molar-refractivity contribution < 1.29 is 14.3 Å². The summed E-state index contributed by atoms with van der Waals surface area (Å²) in [6.07, 6.45) is 1.94. The summed E-state index contributed by atoms with van der Waals surface area (Å²) in [6, 6.07) is 19.0. The van der Waals surface area contributed by atoms with Gasteiger partial charge in [-0.05, 0) is 68.2 Å². The molecule has 2 saturated heterocycles. The van der Waals surface area contributed by atoms with Crippen LogP contribution in [0, 0.1) is 11.3 Å². The smallest absolute Gasteiger partial charge is 0.410 e. The van der Waals surface area contributed by atoms with E-state index in [2.05, 4.69) is 73.0 Å². The Morgan fingerprint density at radius 1 is 0.875 bits per heavy atom. The second-order valence-electron chi connectivity index (χ2n) is 13.4. The van der Waals surface area contributed by atoms with E-state index in [0.29, 0.717) is 26.1 Å². The number of likely N-dealkylation sites (tertiary alicyclic amines) is 1. The summed E-state index contributed by atoms with van der Waals surface area (Å²) >= 11 is 6.23. The van der Waals surface area contributed by atoms with E-state index >= 15 is 0 Å². The molecule has 0 radical (unpaired) electrons. The number of hydrogen-bond acceptors (Lipinski definition) is 4. The van der Waals surface area contributed by atoms with Gasteiger partial charge in [0.05, 0.1) is 6.04 Å². The van der Waals surface area contributed by atoms with Gasteiger partial charge in [-0.2, -0.15) is 0 Å². The lowest BCUT2D eigenvalue weighted by molar-refractivity contribution is -0.141. The molecular formula is C33H46ClN3O3. The van der Waals surface area contributed by atoms with E-state index in [9.17, 15) is 9.59 Å². The Kier molecular flexibility index (Phi) is 9.51. The van der Waals surface area contributed by atoms with Gasteiger partial charge >= 0.3 is 6.09 Å². The van der Waals surface area contributed by atoms with Crippen LogP contribution in [0.1, 0.15) is 78.0 Å². The second kappa shape index (κ2) is 12.5. The number of amides is 2. The topological polar surface area (TPSA) is 53.1 Å². The number of carbonyl (C=O) groups excluding carboxylic acids is 2. The van der Waals surface area contributed by atoms with Gasteiger partial charge in [0.25, 0.3) is 0 Å². The molecule has 2 aromatic carbocycles. The van der Waals surface area contributed by atoms with Crippen molar-refractivity contribution in [3.05, 3.63) is 70.7 Å². The molecule has 4 rings (SSSR count). The highest BCUT2D eigenvalue weighted by Gasteiger charge is 2.41. The molecule has 218 valence electrons. The third kappa shape index (κ3) is 7.79. The zero-order valence-electron chi connectivity index (χ0n) is 25.0. The molecule has 40 heavy (non-hydrogen) atoms. The highest BCUT2D eigenvalue weighted by Crippen LogP contribution is 2.36. The van der Waals surface area contributed by atoms with Crippen LogP contribution < -0.4 is 0 Å². The van der Waals surface area contributed by atoms with Gasteiger partial charge in [-0.3, -0.25) is 9.69 Å². The number of hydrogen-bond donors (Lipinski definition) is 0. The molecule has 0 saturated carbocycles. The Morgan fingerprint density at radius 3 is 2.05 bits per heavy atom. The number of benzene rings is 2. The summed E-state index contributed by atoms with van der Waals surface area (Å²) in [5.41, 5.74) is 1.88. The van der Waals surface area contributed by atoms with Crippen LogP contribution in [-0.2, 0) is 9.53 Å². The molecule has 0 N–H and O–H groups in total. The molecule has 2 aliphatic heterocycles. The van der Waals surface area contributed by atoms with Gasteiger partial charge in [0.15, 0.2) is 0 Å². The molecule has 2 aliphatic rings. The van der Waals surface area contributed by atoms with Gasteiger partial charge in [0, 0.05) is 50.2 Å². The largest absolute Gasteiger partial charge is 0.444 e. The van der Waals surface area contributed by atoms with Gasteiger partial charge in [-0.1, -0.05) is 74.8 Å². The van der Waals surface area contributed by atoms with E-state index in [4.69, 9.17) is 16.3 Å². The first-order chi connectivity index (χ1) is 18.8. The van der Waals surface area contributed by atoms with Crippen molar-refractivity contribution in [3.8, 4) is 0 Å². The summed E-state index contributed by atoms with van der Waals surface area (Å²) in [4.78, 5) is 32.7. The van der Waals surface area contributed by atoms with E-state index in [1.165, 1.54) is 11.1 Å². The first-order valence-corrected chi connectivity index (χ1v) is 15.0. The number of ether oxygens (including phenoxy) is 1. The first kappa shape index (κ1) is 30.4. The maximum absolute atomic E-state index is 13.8. The fourth-order valence-electron chi connectivity index (χ4n) is 5.98. The highest BCUT2D eigenvalue weighted by atomic mass is 35.5. The summed E-state index contributed by atoms with van der Waals surface area (Å²) in [6.45, 7) is 16.0. The van der Waals surface area contributed by atoms with Crippen molar-refractivity contribution in [2.45, 2.75) is 78.5 Å². The van der Waals surface area contributed by atoms with Crippen LogP contribution in [0.4, 0.5) is 4.79 Å². The van der Waals surface area contributed by atoms with Gasteiger partial charge in [0.2, 0.25) is 5.91 Å². The molecule has 0 spiro atoms. The number of halogens is 1. The molecule has 1 unspecified atom stereocenters. The van der Waals surface area contributed by atoms with Crippen molar-refractivity contribution >= 4 is 23.6 Å². The lowest BCUT2D eigenvalue weighted by atomic mass is 9.82. The molecule has 7 heteroatoms. The maximum Gasteiger partial charge on any atom is 0.410 e. The summed E-state index contributed by atoms with van der Waals surface area (Å²) in [5.74, 6) is 0.522. The van der Waals surface area contributed by atoms with Crippen LogP contribution in [0.3, 0.4) is 0 Å². The minimum absolute atomic E-state index is 0.0738. The number of carbonyl (C=O) groups is 2. The van der Waals surface area contributed by atoms with Gasteiger partial charge in [-0.25, -0.2) is 4.79 Å². The molecule has 2 aromatic rings. The standard InChI is InChI=1S/C33H46ClN3O3/c1-32(2,3)28-23-36(30(25-10-8-7-9-11-25)26-12-14-27(34)15-13-26)20-21-37(28)29(38)22-24-16-18-35(19-17-24)31(39)40-33(4,5)6/h7-15,24,28,30H,16-23H2,1-6H3/t28-,30?/m1/s1. The molecule has 2 fully saturated rings. The SMILES string of the molecule is CC(C)(C)OC(=O)N1CCC(CC(=O)N2CCN(C(c3ccccc3)c3ccc(Cl)cc3)C[C@@H]2C(C)(C)C)CC1. The molecule has 2 heterocycles. The van der Waals surface area contributed by atoms with Crippen molar-refractivity contribution in [2.75, 3.05) is 32.7 Å². The minimum Gasteiger partial charge on any atom is -0.444 e. The molecule has 0 aromatic heterocycles. The van der Waals surface area contributed by atoms with E-state index in [-0.39, 0.29) is 35.4 Å². The molecular weight excluding hydrogens is 522 g/mol. The highest BCUT2D eigenvalue weighted by molar-refractivity contribution is 6.30. The summed E-state index contributed by atoms with van der Waals surface area (Å²) in [5, 5.41) is 0.732. The number of rotatable bonds is 5. The lowest BCUT2D eigenvalue weighted by Gasteiger charge is -2.50. The van der Waals surface area contributed by atoms with Crippen LogP contribution in [0.5, 0.6) is 0 Å². The normalized spacial score (nSPS) is 20.3. The van der Waals surface area contributed by atoms with Crippen LogP contribution >= 0.6 is 11.6 Å². The monoisotopic (exact) mass is 567 g/mol. The molecule has 2 amide bonds.